The monoisotopic (exact) mass is 490 g/mol. The van der Waals surface area contributed by atoms with Gasteiger partial charge < -0.3 is 19.9 Å². The Balaban J connectivity index is 0.00000364. The van der Waals surface area contributed by atoms with Crippen LogP contribution in [0.5, 0.6) is 5.75 Å². The summed E-state index contributed by atoms with van der Waals surface area (Å²) >= 11 is 0. The molecule has 0 amide bonds. The molecule has 6 nitrogen and oxygen atoms in total. The van der Waals surface area contributed by atoms with Gasteiger partial charge in [0.15, 0.2) is 11.7 Å². The van der Waals surface area contributed by atoms with Gasteiger partial charge in [0.1, 0.15) is 18.2 Å². The molecule has 0 radical (unpaired) electrons. The highest BCUT2D eigenvalue weighted by molar-refractivity contribution is 14.0. The zero-order valence-corrected chi connectivity index (χ0v) is 18.3. The Morgan fingerprint density at radius 1 is 1.26 bits per heavy atom. The van der Waals surface area contributed by atoms with Gasteiger partial charge in [0.25, 0.3) is 0 Å². The third-order valence-corrected chi connectivity index (χ3v) is 4.09. The Kier molecular flexibility index (Phi) is 10.8. The molecule has 2 aromatic rings. The summed E-state index contributed by atoms with van der Waals surface area (Å²) in [5.74, 6) is 2.03. The molecule has 0 spiro atoms. The van der Waals surface area contributed by atoms with Gasteiger partial charge in [0.05, 0.1) is 18.8 Å². The fourth-order valence-electron chi connectivity index (χ4n) is 2.60. The number of benzene rings is 1. The highest BCUT2D eigenvalue weighted by Crippen LogP contribution is 2.22. The highest BCUT2D eigenvalue weighted by atomic mass is 127. The molecule has 0 aliphatic rings. The Bertz CT molecular complexity index is 705. The Morgan fingerprint density at radius 3 is 2.70 bits per heavy atom. The molecule has 0 aliphatic carbocycles. The van der Waals surface area contributed by atoms with Gasteiger partial charge in [-0.1, -0.05) is 25.1 Å². The number of halogens is 2. The number of hydrogen-bond acceptors (Lipinski definition) is 4. The van der Waals surface area contributed by atoms with Crippen LogP contribution in [-0.4, -0.2) is 31.3 Å². The molecule has 2 rings (SSSR count). The fraction of sp³-hybridized carbons (Fsp3) is 0.474. The second kappa shape index (κ2) is 12.5. The summed E-state index contributed by atoms with van der Waals surface area (Å²) in [4.78, 5) is 4.15. The van der Waals surface area contributed by atoms with E-state index in [-0.39, 0.29) is 29.8 Å². The third-order valence-electron chi connectivity index (χ3n) is 4.09. The molecule has 1 aromatic carbocycles. The molecule has 27 heavy (non-hydrogen) atoms. The first-order valence-electron chi connectivity index (χ1n) is 8.94. The maximum absolute atomic E-state index is 13.1. The van der Waals surface area contributed by atoms with Crippen LogP contribution in [0.2, 0.25) is 0 Å². The van der Waals surface area contributed by atoms with E-state index in [2.05, 4.69) is 34.6 Å². The van der Waals surface area contributed by atoms with Crippen molar-refractivity contribution in [2.45, 2.75) is 39.2 Å². The first kappa shape index (κ1) is 23.2. The zero-order chi connectivity index (χ0) is 18.8. The smallest absolute Gasteiger partial charge is 0.191 e. The lowest BCUT2D eigenvalue weighted by molar-refractivity contribution is 0.320. The fourth-order valence-corrected chi connectivity index (χ4v) is 2.60. The molecule has 150 valence electrons. The van der Waals surface area contributed by atoms with Crippen molar-refractivity contribution in [1.82, 2.24) is 15.8 Å². The molecule has 0 saturated heterocycles. The topological polar surface area (TPSA) is 71.7 Å². The second-order valence-corrected chi connectivity index (χ2v) is 5.89. The van der Waals surface area contributed by atoms with Crippen LogP contribution in [0.4, 0.5) is 4.39 Å². The largest absolute Gasteiger partial charge is 0.492 e. The van der Waals surface area contributed by atoms with Gasteiger partial charge in [-0.05, 0) is 25.0 Å². The van der Waals surface area contributed by atoms with Crippen LogP contribution in [0, 0.1) is 5.82 Å². The molecule has 0 unspecified atom stereocenters. The number of ether oxygens (including phenoxy) is 1. The summed E-state index contributed by atoms with van der Waals surface area (Å²) in [6.45, 7) is 5.73. The summed E-state index contributed by atoms with van der Waals surface area (Å²) in [5, 5.41) is 10.5. The predicted octanol–water partition coefficient (Wildman–Crippen LogP) is 4.08. The summed E-state index contributed by atoms with van der Waals surface area (Å²) in [6.07, 6.45) is 2.09. The summed E-state index contributed by atoms with van der Waals surface area (Å²) in [6, 6.07) is 8.07. The zero-order valence-electron chi connectivity index (χ0n) is 16.0. The first-order valence-corrected chi connectivity index (χ1v) is 8.94. The lowest BCUT2D eigenvalue weighted by Gasteiger charge is -2.11. The SMILES string of the molecule is CCC(CC)c1cc(CNC(=NC)NCCOc2cccc(F)c2)on1.I. The second-order valence-electron chi connectivity index (χ2n) is 5.89. The highest BCUT2D eigenvalue weighted by Gasteiger charge is 2.13. The molecule has 0 bridgehead atoms. The van der Waals surface area contributed by atoms with Gasteiger partial charge >= 0.3 is 0 Å². The maximum atomic E-state index is 13.1. The van der Waals surface area contributed by atoms with E-state index >= 15 is 0 Å². The van der Waals surface area contributed by atoms with Gasteiger partial charge in [-0.25, -0.2) is 4.39 Å². The van der Waals surface area contributed by atoms with Crippen LogP contribution in [0.15, 0.2) is 39.8 Å². The van der Waals surface area contributed by atoms with Crippen LogP contribution < -0.4 is 15.4 Å². The molecule has 8 heteroatoms. The van der Waals surface area contributed by atoms with E-state index in [1.54, 1.807) is 19.2 Å². The first-order chi connectivity index (χ1) is 12.7. The minimum atomic E-state index is -0.312. The standard InChI is InChI=1S/C19H27FN4O2.HI/c1-4-14(5-2)18-12-17(26-24-18)13-23-19(21-3)22-9-10-25-16-8-6-7-15(20)11-16;/h6-8,11-12,14H,4-5,9-10,13H2,1-3H3,(H2,21,22,23);1H. The summed E-state index contributed by atoms with van der Waals surface area (Å²) in [7, 11) is 1.69. The number of nitrogens with zero attached hydrogens (tertiary/aromatic N) is 2. The van der Waals surface area contributed by atoms with Crippen molar-refractivity contribution < 1.29 is 13.7 Å². The number of aromatic nitrogens is 1. The van der Waals surface area contributed by atoms with Crippen molar-refractivity contribution in [3.63, 3.8) is 0 Å². The molecule has 0 fully saturated rings. The third kappa shape index (κ3) is 7.74. The van der Waals surface area contributed by atoms with Gasteiger partial charge in [-0.2, -0.15) is 0 Å². The minimum Gasteiger partial charge on any atom is -0.492 e. The number of guanidine groups is 1. The van der Waals surface area contributed by atoms with Crippen LogP contribution in [0.3, 0.4) is 0 Å². The quantitative estimate of drug-likeness (QED) is 0.240. The normalized spacial score (nSPS) is 11.2. The average molecular weight is 490 g/mol. The van der Waals surface area contributed by atoms with Gasteiger partial charge in [-0.3, -0.25) is 4.99 Å². The molecular weight excluding hydrogens is 462 g/mol. The molecular formula is C19H28FIN4O2. The van der Waals surface area contributed by atoms with E-state index in [4.69, 9.17) is 9.26 Å². The molecule has 0 saturated carbocycles. The Morgan fingerprint density at radius 2 is 2.04 bits per heavy atom. The Labute approximate surface area is 177 Å². The average Bonchev–Trinajstić information content (AvgIpc) is 3.11. The van der Waals surface area contributed by atoms with E-state index in [9.17, 15) is 4.39 Å². The molecule has 1 heterocycles. The van der Waals surface area contributed by atoms with Gasteiger partial charge in [-0.15, -0.1) is 24.0 Å². The molecule has 2 N–H and O–H groups in total. The van der Waals surface area contributed by atoms with Crippen molar-refractivity contribution in [1.29, 1.82) is 0 Å². The van der Waals surface area contributed by atoms with Crippen molar-refractivity contribution in [3.05, 3.63) is 47.6 Å². The van der Waals surface area contributed by atoms with Crippen LogP contribution >= 0.6 is 24.0 Å². The van der Waals surface area contributed by atoms with Crippen LogP contribution in [0.1, 0.15) is 44.1 Å². The number of nitrogens with one attached hydrogen (secondary N) is 2. The van der Waals surface area contributed by atoms with Crippen molar-refractivity contribution in [3.8, 4) is 5.75 Å². The van der Waals surface area contributed by atoms with E-state index in [0.29, 0.717) is 37.3 Å². The molecule has 0 atom stereocenters. The summed E-state index contributed by atoms with van der Waals surface area (Å²) in [5.41, 5.74) is 0.998. The maximum Gasteiger partial charge on any atom is 0.191 e. The lowest BCUT2D eigenvalue weighted by atomic mass is 9.99. The lowest BCUT2D eigenvalue weighted by Crippen LogP contribution is -2.38. The minimum absolute atomic E-state index is 0. The van der Waals surface area contributed by atoms with Crippen LogP contribution in [0.25, 0.3) is 0 Å². The van der Waals surface area contributed by atoms with E-state index in [1.807, 2.05) is 6.07 Å². The number of aliphatic imine (C=N–C) groups is 1. The van der Waals surface area contributed by atoms with E-state index < -0.39 is 0 Å². The van der Waals surface area contributed by atoms with E-state index in [1.165, 1.54) is 12.1 Å². The van der Waals surface area contributed by atoms with Gasteiger partial charge in [0, 0.05) is 25.1 Å². The van der Waals surface area contributed by atoms with E-state index in [0.717, 1.165) is 24.3 Å². The van der Waals surface area contributed by atoms with Crippen molar-refractivity contribution >= 4 is 29.9 Å². The van der Waals surface area contributed by atoms with Gasteiger partial charge in [0.2, 0.25) is 0 Å². The van der Waals surface area contributed by atoms with Crippen LogP contribution in [-0.2, 0) is 6.54 Å². The Hall–Kier alpha value is -1.84. The predicted molar refractivity (Wildman–Crippen MR) is 115 cm³/mol. The van der Waals surface area contributed by atoms with Crippen molar-refractivity contribution in [2.24, 2.45) is 4.99 Å². The number of hydrogen-bond donors (Lipinski definition) is 2. The summed E-state index contributed by atoms with van der Waals surface area (Å²) < 4.78 is 23.9. The number of rotatable bonds is 9. The van der Waals surface area contributed by atoms with Crippen molar-refractivity contribution in [2.75, 3.05) is 20.2 Å². The molecule has 1 aromatic heterocycles. The molecule has 0 aliphatic heterocycles.